The van der Waals surface area contributed by atoms with E-state index in [0.717, 1.165) is 17.0 Å². The van der Waals surface area contributed by atoms with E-state index in [1.165, 1.54) is 0 Å². The van der Waals surface area contributed by atoms with Crippen molar-refractivity contribution >= 4 is 28.9 Å². The predicted molar refractivity (Wildman–Crippen MR) is 86.2 cm³/mol. The van der Waals surface area contributed by atoms with Crippen LogP contribution in [0.25, 0.3) is 0 Å². The van der Waals surface area contributed by atoms with Crippen LogP contribution in [0.2, 0.25) is 10.0 Å². The van der Waals surface area contributed by atoms with Gasteiger partial charge in [0.1, 0.15) is 5.75 Å². The number of nitrogens with one attached hydrogen (secondary N) is 1. The minimum atomic E-state index is -0.0518. The summed E-state index contributed by atoms with van der Waals surface area (Å²) in [6, 6.07) is 12.6. The molecule has 0 radical (unpaired) electrons. The Bertz CT molecular complexity index is 695. The van der Waals surface area contributed by atoms with Gasteiger partial charge in [-0.2, -0.15) is 5.26 Å². The van der Waals surface area contributed by atoms with E-state index < -0.39 is 0 Å². The maximum absolute atomic E-state index is 8.85. The average molecular weight is 321 g/mol. The van der Waals surface area contributed by atoms with Crippen LogP contribution in [-0.2, 0) is 0 Å². The first kappa shape index (κ1) is 15.5. The van der Waals surface area contributed by atoms with Crippen LogP contribution in [0.5, 0.6) is 5.75 Å². The third-order valence-corrected chi connectivity index (χ3v) is 3.68. The maximum Gasteiger partial charge on any atom is 0.124 e. The summed E-state index contributed by atoms with van der Waals surface area (Å²) in [5.74, 6) is 0.754. The molecule has 0 aromatic heterocycles. The van der Waals surface area contributed by atoms with E-state index >= 15 is 0 Å². The molecular weight excluding hydrogens is 307 g/mol. The molecule has 2 aromatic carbocycles. The van der Waals surface area contributed by atoms with Gasteiger partial charge in [-0.05, 0) is 43.3 Å². The minimum Gasteiger partial charge on any atom is -0.496 e. The number of benzene rings is 2. The topological polar surface area (TPSA) is 45.0 Å². The molecule has 0 bridgehead atoms. The Morgan fingerprint density at radius 3 is 2.57 bits per heavy atom. The first-order valence-electron chi connectivity index (χ1n) is 6.34. The van der Waals surface area contributed by atoms with E-state index in [2.05, 4.69) is 11.4 Å². The maximum atomic E-state index is 8.85. The number of halogens is 2. The highest BCUT2D eigenvalue weighted by atomic mass is 35.5. The molecule has 0 saturated heterocycles. The lowest BCUT2D eigenvalue weighted by atomic mass is 10.1. The van der Waals surface area contributed by atoms with Gasteiger partial charge in [0.15, 0.2) is 0 Å². The van der Waals surface area contributed by atoms with E-state index in [1.807, 2.05) is 19.1 Å². The van der Waals surface area contributed by atoms with Crippen molar-refractivity contribution < 1.29 is 4.74 Å². The van der Waals surface area contributed by atoms with Gasteiger partial charge in [0, 0.05) is 10.6 Å². The quantitative estimate of drug-likeness (QED) is 0.857. The molecule has 0 unspecified atom stereocenters. The molecule has 1 N–H and O–H groups in total. The van der Waals surface area contributed by atoms with Crippen LogP contribution in [-0.4, -0.2) is 7.11 Å². The number of methoxy groups -OCH3 is 1. The fourth-order valence-corrected chi connectivity index (χ4v) is 2.47. The SMILES string of the molecule is COc1ccc(Cl)cc1[C@H](C)Nc1ccc(C#N)cc1Cl. The van der Waals surface area contributed by atoms with Crippen LogP contribution in [0.4, 0.5) is 5.69 Å². The molecule has 0 fully saturated rings. The fourth-order valence-electron chi connectivity index (χ4n) is 2.06. The number of nitriles is 1. The van der Waals surface area contributed by atoms with Crippen LogP contribution in [0.15, 0.2) is 36.4 Å². The standard InChI is InChI=1S/C16H14Cl2N2O/c1-10(13-8-12(17)4-6-16(13)21-2)20-15-5-3-11(9-19)7-14(15)18/h3-8,10,20H,1-2H3/t10-/m0/s1. The van der Waals surface area contributed by atoms with E-state index in [4.69, 9.17) is 33.2 Å². The molecule has 3 nitrogen and oxygen atoms in total. The van der Waals surface area contributed by atoms with Crippen molar-refractivity contribution in [2.75, 3.05) is 12.4 Å². The number of anilines is 1. The molecule has 0 spiro atoms. The molecule has 2 aromatic rings. The Hall–Kier alpha value is -1.89. The van der Waals surface area contributed by atoms with Crippen molar-refractivity contribution in [1.82, 2.24) is 0 Å². The van der Waals surface area contributed by atoms with E-state index in [0.29, 0.717) is 15.6 Å². The summed E-state index contributed by atoms with van der Waals surface area (Å²) in [5, 5.41) is 13.3. The third kappa shape index (κ3) is 3.60. The first-order valence-corrected chi connectivity index (χ1v) is 7.10. The Kier molecular flexibility index (Phi) is 4.95. The monoisotopic (exact) mass is 320 g/mol. The highest BCUT2D eigenvalue weighted by molar-refractivity contribution is 6.33. The second-order valence-electron chi connectivity index (χ2n) is 4.56. The van der Waals surface area contributed by atoms with E-state index in [-0.39, 0.29) is 6.04 Å². The van der Waals surface area contributed by atoms with Crippen LogP contribution < -0.4 is 10.1 Å². The molecule has 2 rings (SSSR count). The summed E-state index contributed by atoms with van der Waals surface area (Å²) in [6.07, 6.45) is 0. The molecular formula is C16H14Cl2N2O. The molecule has 5 heteroatoms. The van der Waals surface area contributed by atoms with Crippen molar-refractivity contribution in [3.05, 3.63) is 57.6 Å². The van der Waals surface area contributed by atoms with Crippen molar-refractivity contribution in [3.8, 4) is 11.8 Å². The smallest absolute Gasteiger partial charge is 0.124 e. The first-order chi connectivity index (χ1) is 10.0. The summed E-state index contributed by atoms with van der Waals surface area (Å²) in [5.41, 5.74) is 2.22. The summed E-state index contributed by atoms with van der Waals surface area (Å²) in [6.45, 7) is 1.99. The average Bonchev–Trinajstić information content (AvgIpc) is 2.49. The minimum absolute atomic E-state index is 0.0518. The molecule has 108 valence electrons. The lowest BCUT2D eigenvalue weighted by Crippen LogP contribution is -2.08. The molecule has 1 atom stereocenters. The van der Waals surface area contributed by atoms with Crippen molar-refractivity contribution in [2.24, 2.45) is 0 Å². The molecule has 0 saturated carbocycles. The number of rotatable bonds is 4. The Morgan fingerprint density at radius 1 is 1.19 bits per heavy atom. The number of ether oxygens (including phenoxy) is 1. The Balaban J connectivity index is 2.28. The van der Waals surface area contributed by atoms with Crippen molar-refractivity contribution in [1.29, 1.82) is 5.26 Å². The third-order valence-electron chi connectivity index (χ3n) is 3.13. The van der Waals surface area contributed by atoms with Crippen LogP contribution >= 0.6 is 23.2 Å². The van der Waals surface area contributed by atoms with E-state index in [9.17, 15) is 0 Å². The van der Waals surface area contributed by atoms with Crippen molar-refractivity contribution in [3.63, 3.8) is 0 Å². The summed E-state index contributed by atoms with van der Waals surface area (Å²) in [7, 11) is 1.62. The molecule has 0 aliphatic rings. The summed E-state index contributed by atoms with van der Waals surface area (Å²) in [4.78, 5) is 0. The van der Waals surface area contributed by atoms with Gasteiger partial charge in [-0.1, -0.05) is 23.2 Å². The van der Waals surface area contributed by atoms with Crippen LogP contribution in [0.1, 0.15) is 24.1 Å². The van der Waals surface area contributed by atoms with Crippen LogP contribution in [0.3, 0.4) is 0 Å². The second kappa shape index (κ2) is 6.71. The zero-order chi connectivity index (χ0) is 15.4. The zero-order valence-electron chi connectivity index (χ0n) is 11.7. The van der Waals surface area contributed by atoms with Gasteiger partial charge in [-0.3, -0.25) is 0 Å². The highest BCUT2D eigenvalue weighted by Crippen LogP contribution is 2.32. The number of hydrogen-bond acceptors (Lipinski definition) is 3. The second-order valence-corrected chi connectivity index (χ2v) is 5.40. The van der Waals surface area contributed by atoms with Gasteiger partial charge in [0.2, 0.25) is 0 Å². The van der Waals surface area contributed by atoms with Gasteiger partial charge in [-0.25, -0.2) is 0 Å². The molecule has 21 heavy (non-hydrogen) atoms. The van der Waals surface area contributed by atoms with Gasteiger partial charge in [0.05, 0.1) is 35.5 Å². The van der Waals surface area contributed by atoms with E-state index in [1.54, 1.807) is 31.4 Å². The molecule has 0 amide bonds. The summed E-state index contributed by atoms with van der Waals surface area (Å²) < 4.78 is 5.35. The molecule has 0 aliphatic carbocycles. The highest BCUT2D eigenvalue weighted by Gasteiger charge is 2.13. The van der Waals surface area contributed by atoms with Gasteiger partial charge < -0.3 is 10.1 Å². The van der Waals surface area contributed by atoms with Gasteiger partial charge in [-0.15, -0.1) is 0 Å². The normalized spacial score (nSPS) is 11.6. The lowest BCUT2D eigenvalue weighted by Gasteiger charge is -2.19. The summed E-state index contributed by atoms with van der Waals surface area (Å²) >= 11 is 12.2. The Labute approximate surface area is 134 Å². The van der Waals surface area contributed by atoms with Gasteiger partial charge in [0.25, 0.3) is 0 Å². The largest absolute Gasteiger partial charge is 0.496 e. The zero-order valence-corrected chi connectivity index (χ0v) is 13.2. The Morgan fingerprint density at radius 2 is 1.95 bits per heavy atom. The molecule has 0 aliphatic heterocycles. The van der Waals surface area contributed by atoms with Crippen molar-refractivity contribution in [2.45, 2.75) is 13.0 Å². The number of nitrogens with zero attached hydrogens (tertiary/aromatic N) is 1. The fraction of sp³-hybridized carbons (Fsp3) is 0.188. The molecule has 0 heterocycles. The number of hydrogen-bond donors (Lipinski definition) is 1. The van der Waals surface area contributed by atoms with Crippen LogP contribution in [0, 0.1) is 11.3 Å². The lowest BCUT2D eigenvalue weighted by molar-refractivity contribution is 0.408. The predicted octanol–water partition coefficient (Wildman–Crippen LogP) is 5.05. The van der Waals surface area contributed by atoms with Gasteiger partial charge >= 0.3 is 0 Å².